The summed E-state index contributed by atoms with van der Waals surface area (Å²) in [6, 6.07) is 0. The lowest BCUT2D eigenvalue weighted by Gasteiger charge is -2.09. The fourth-order valence-electron chi connectivity index (χ4n) is 1.38. The van der Waals surface area contributed by atoms with E-state index in [1.807, 2.05) is 6.08 Å². The summed E-state index contributed by atoms with van der Waals surface area (Å²) < 4.78 is 0. The van der Waals surface area contributed by atoms with Crippen LogP contribution < -0.4 is 0 Å². The van der Waals surface area contributed by atoms with Crippen LogP contribution in [0.3, 0.4) is 0 Å². The Morgan fingerprint density at radius 3 is 2.38 bits per heavy atom. The van der Waals surface area contributed by atoms with Crippen molar-refractivity contribution in [1.29, 1.82) is 0 Å². The molecule has 0 aliphatic carbocycles. The van der Waals surface area contributed by atoms with Gasteiger partial charge in [0.2, 0.25) is 0 Å². The van der Waals surface area contributed by atoms with Gasteiger partial charge in [0, 0.05) is 0 Å². The second-order valence-corrected chi connectivity index (χ2v) is 4.79. The van der Waals surface area contributed by atoms with Gasteiger partial charge in [-0.3, -0.25) is 0 Å². The molecule has 0 aromatic rings. The van der Waals surface area contributed by atoms with Gasteiger partial charge in [-0.2, -0.15) is 0 Å². The van der Waals surface area contributed by atoms with Crippen molar-refractivity contribution in [2.24, 2.45) is 0 Å². The molecule has 0 spiro atoms. The van der Waals surface area contributed by atoms with Crippen LogP contribution in [0.15, 0.2) is 36.0 Å². The molecule has 0 fully saturated rings. The third-order valence-corrected chi connectivity index (χ3v) is 2.29. The Labute approximate surface area is 101 Å². The lowest BCUT2D eigenvalue weighted by molar-refractivity contribution is 0.133. The van der Waals surface area contributed by atoms with E-state index in [2.05, 4.69) is 38.2 Å². The van der Waals surface area contributed by atoms with Crippen molar-refractivity contribution < 1.29 is 5.11 Å². The molecule has 92 valence electrons. The first-order chi connectivity index (χ1) is 7.45. The van der Waals surface area contributed by atoms with E-state index in [1.165, 1.54) is 5.57 Å². The number of hydrogen-bond donors (Lipinski definition) is 1. The van der Waals surface area contributed by atoms with Gasteiger partial charge in [0.05, 0.1) is 5.60 Å². The van der Waals surface area contributed by atoms with Gasteiger partial charge in [-0.1, -0.05) is 36.0 Å². The lowest BCUT2D eigenvalue weighted by atomic mass is 10.1. The molecule has 0 saturated heterocycles. The average molecular weight is 222 g/mol. The molecule has 0 atom stereocenters. The van der Waals surface area contributed by atoms with E-state index in [-0.39, 0.29) is 0 Å². The van der Waals surface area contributed by atoms with Crippen LogP contribution in [-0.4, -0.2) is 10.7 Å². The van der Waals surface area contributed by atoms with Crippen molar-refractivity contribution in [2.75, 3.05) is 0 Å². The minimum atomic E-state index is -0.676. The van der Waals surface area contributed by atoms with Gasteiger partial charge < -0.3 is 5.11 Å². The predicted molar refractivity (Wildman–Crippen MR) is 72.5 cm³/mol. The normalized spacial score (nSPS) is 14.2. The van der Waals surface area contributed by atoms with E-state index in [0.717, 1.165) is 25.7 Å². The molecular formula is C15H26O. The van der Waals surface area contributed by atoms with E-state index in [4.69, 9.17) is 0 Å². The van der Waals surface area contributed by atoms with E-state index < -0.39 is 5.60 Å². The Balaban J connectivity index is 3.70. The van der Waals surface area contributed by atoms with Gasteiger partial charge in [-0.05, 0) is 53.4 Å². The highest BCUT2D eigenvalue weighted by atomic mass is 16.3. The Morgan fingerprint density at radius 2 is 1.81 bits per heavy atom. The molecule has 0 heterocycles. The van der Waals surface area contributed by atoms with Crippen molar-refractivity contribution in [3.8, 4) is 0 Å². The molecule has 0 unspecified atom stereocenters. The zero-order valence-corrected chi connectivity index (χ0v) is 11.2. The standard InChI is InChI=1S/C15H26O/c1-5-6-8-11-14(2)12-9-7-10-13-15(3,4)16/h5-6,10,12-13,16H,7-9,11H2,1-4H3. The Kier molecular flexibility index (Phi) is 7.92. The zero-order chi connectivity index (χ0) is 12.4. The Bertz CT molecular complexity index is 251. The largest absolute Gasteiger partial charge is 0.386 e. The lowest BCUT2D eigenvalue weighted by Crippen LogP contribution is -2.13. The fourth-order valence-corrected chi connectivity index (χ4v) is 1.38. The molecule has 0 aliphatic rings. The second-order valence-electron chi connectivity index (χ2n) is 4.79. The van der Waals surface area contributed by atoms with Gasteiger partial charge in [0.15, 0.2) is 0 Å². The third-order valence-electron chi connectivity index (χ3n) is 2.29. The summed E-state index contributed by atoms with van der Waals surface area (Å²) in [5.41, 5.74) is 0.778. The Morgan fingerprint density at radius 1 is 1.12 bits per heavy atom. The minimum Gasteiger partial charge on any atom is -0.386 e. The highest BCUT2D eigenvalue weighted by Gasteiger charge is 2.04. The molecule has 0 aliphatic heterocycles. The molecule has 0 aromatic heterocycles. The van der Waals surface area contributed by atoms with Gasteiger partial charge in [0.25, 0.3) is 0 Å². The summed E-state index contributed by atoms with van der Waals surface area (Å²) in [6.07, 6.45) is 14.9. The first-order valence-electron chi connectivity index (χ1n) is 6.12. The number of unbranched alkanes of at least 4 members (excludes halogenated alkanes) is 1. The molecule has 1 nitrogen and oxygen atoms in total. The van der Waals surface area contributed by atoms with Crippen LogP contribution >= 0.6 is 0 Å². The predicted octanol–water partition coefficient (Wildman–Crippen LogP) is 4.40. The summed E-state index contributed by atoms with van der Waals surface area (Å²) in [5.74, 6) is 0. The maximum Gasteiger partial charge on any atom is 0.0771 e. The first-order valence-corrected chi connectivity index (χ1v) is 6.12. The van der Waals surface area contributed by atoms with E-state index in [1.54, 1.807) is 13.8 Å². The zero-order valence-electron chi connectivity index (χ0n) is 11.2. The number of allylic oxidation sites excluding steroid dienone is 5. The van der Waals surface area contributed by atoms with E-state index >= 15 is 0 Å². The van der Waals surface area contributed by atoms with Crippen molar-refractivity contribution in [3.05, 3.63) is 36.0 Å². The van der Waals surface area contributed by atoms with Crippen molar-refractivity contribution in [2.45, 2.75) is 59.0 Å². The van der Waals surface area contributed by atoms with Gasteiger partial charge in [-0.25, -0.2) is 0 Å². The monoisotopic (exact) mass is 222 g/mol. The summed E-state index contributed by atoms with van der Waals surface area (Å²) in [7, 11) is 0. The summed E-state index contributed by atoms with van der Waals surface area (Å²) in [6.45, 7) is 7.83. The number of aliphatic hydroxyl groups is 1. The molecule has 0 amide bonds. The van der Waals surface area contributed by atoms with Crippen molar-refractivity contribution in [1.82, 2.24) is 0 Å². The molecule has 0 rings (SSSR count). The van der Waals surface area contributed by atoms with Crippen molar-refractivity contribution >= 4 is 0 Å². The number of rotatable bonds is 7. The van der Waals surface area contributed by atoms with Gasteiger partial charge >= 0.3 is 0 Å². The minimum absolute atomic E-state index is 0.676. The van der Waals surface area contributed by atoms with Crippen LogP contribution in [0.5, 0.6) is 0 Å². The highest BCUT2D eigenvalue weighted by Crippen LogP contribution is 2.08. The van der Waals surface area contributed by atoms with E-state index in [0.29, 0.717) is 0 Å². The molecule has 0 bridgehead atoms. The van der Waals surface area contributed by atoms with Crippen LogP contribution in [0.4, 0.5) is 0 Å². The highest BCUT2D eigenvalue weighted by molar-refractivity contribution is 5.02. The maximum atomic E-state index is 9.46. The van der Waals surface area contributed by atoms with E-state index in [9.17, 15) is 5.11 Å². The average Bonchev–Trinajstić information content (AvgIpc) is 2.16. The van der Waals surface area contributed by atoms with Gasteiger partial charge in [0.1, 0.15) is 0 Å². The summed E-state index contributed by atoms with van der Waals surface area (Å²) >= 11 is 0. The Hall–Kier alpha value is -0.820. The SMILES string of the molecule is CC=CCCC(C)=CCCC=CC(C)(C)O. The molecule has 0 radical (unpaired) electrons. The van der Waals surface area contributed by atoms with Crippen LogP contribution in [0.1, 0.15) is 53.4 Å². The first kappa shape index (κ1) is 15.2. The molecule has 1 heteroatoms. The molecule has 16 heavy (non-hydrogen) atoms. The molecular weight excluding hydrogens is 196 g/mol. The third kappa shape index (κ3) is 11.3. The fraction of sp³-hybridized carbons (Fsp3) is 0.600. The molecule has 0 aromatic carbocycles. The van der Waals surface area contributed by atoms with Crippen LogP contribution in [0, 0.1) is 0 Å². The van der Waals surface area contributed by atoms with Crippen LogP contribution in [-0.2, 0) is 0 Å². The van der Waals surface area contributed by atoms with Gasteiger partial charge in [-0.15, -0.1) is 0 Å². The molecule has 1 N–H and O–H groups in total. The van der Waals surface area contributed by atoms with Crippen molar-refractivity contribution in [3.63, 3.8) is 0 Å². The quantitative estimate of drug-likeness (QED) is 0.500. The number of hydrogen-bond acceptors (Lipinski definition) is 1. The summed E-state index contributed by atoms with van der Waals surface area (Å²) in [4.78, 5) is 0. The second kappa shape index (κ2) is 8.35. The summed E-state index contributed by atoms with van der Waals surface area (Å²) in [5, 5.41) is 9.46. The van der Waals surface area contributed by atoms with Crippen LogP contribution in [0.2, 0.25) is 0 Å². The van der Waals surface area contributed by atoms with Crippen LogP contribution in [0.25, 0.3) is 0 Å². The molecule has 0 saturated carbocycles. The topological polar surface area (TPSA) is 20.2 Å². The smallest absolute Gasteiger partial charge is 0.0771 e. The maximum absolute atomic E-state index is 9.46.